The van der Waals surface area contributed by atoms with Crippen molar-refractivity contribution in [3.63, 3.8) is 0 Å². The summed E-state index contributed by atoms with van der Waals surface area (Å²) >= 11 is 0. The molecule has 5 heteroatoms. The van der Waals surface area contributed by atoms with Crippen LogP contribution in [-0.2, 0) is 19.6 Å². The van der Waals surface area contributed by atoms with Crippen LogP contribution in [0.15, 0.2) is 72.8 Å². The Kier molecular flexibility index (Phi) is 6.05. The van der Waals surface area contributed by atoms with E-state index in [0.717, 1.165) is 29.0 Å². The van der Waals surface area contributed by atoms with E-state index in [0.29, 0.717) is 13.2 Å². The molecule has 3 aromatic rings. The Bertz CT molecular complexity index is 907. The van der Waals surface area contributed by atoms with Gasteiger partial charge in [-0.15, -0.1) is 0 Å². The molecule has 0 atom stereocenters. The van der Waals surface area contributed by atoms with Gasteiger partial charge in [0.15, 0.2) is 0 Å². The summed E-state index contributed by atoms with van der Waals surface area (Å²) < 4.78 is 5.83. The van der Waals surface area contributed by atoms with Gasteiger partial charge in [0, 0.05) is 24.4 Å². The molecule has 138 valence electrons. The first-order valence-electron chi connectivity index (χ1n) is 8.92. The van der Waals surface area contributed by atoms with E-state index in [9.17, 15) is 10.1 Å². The zero-order valence-corrected chi connectivity index (χ0v) is 15.2. The number of nitrogens with zero attached hydrogens (tertiary/aromatic N) is 1. The number of nitrogens with one attached hydrogen (secondary N) is 1. The maximum Gasteiger partial charge on any atom is 0.269 e. The second kappa shape index (κ2) is 8.85. The molecule has 0 amide bonds. The molecule has 3 aromatic carbocycles. The monoisotopic (exact) mass is 362 g/mol. The van der Waals surface area contributed by atoms with Crippen LogP contribution in [0.25, 0.3) is 0 Å². The molecular weight excluding hydrogens is 340 g/mol. The first-order chi connectivity index (χ1) is 13.2. The molecule has 0 bridgehead atoms. The maximum absolute atomic E-state index is 10.7. The lowest BCUT2D eigenvalue weighted by Crippen LogP contribution is -2.02. The zero-order chi connectivity index (χ0) is 19.1. The molecule has 3 rings (SSSR count). The summed E-state index contributed by atoms with van der Waals surface area (Å²) in [6.45, 7) is 3.23. The average Bonchev–Trinajstić information content (AvgIpc) is 2.71. The minimum Gasteiger partial charge on any atom is -0.489 e. The van der Waals surface area contributed by atoms with Gasteiger partial charge in [0.25, 0.3) is 5.69 Å². The second-order valence-electron chi connectivity index (χ2n) is 6.22. The number of para-hydroxylation sites is 1. The van der Waals surface area contributed by atoms with E-state index in [1.807, 2.05) is 24.3 Å². The van der Waals surface area contributed by atoms with Crippen LogP contribution < -0.4 is 10.1 Å². The average molecular weight is 362 g/mol. The van der Waals surface area contributed by atoms with Crippen molar-refractivity contribution in [2.24, 2.45) is 0 Å². The van der Waals surface area contributed by atoms with E-state index in [1.54, 1.807) is 12.1 Å². The number of non-ortho nitro benzene ring substituents is 1. The van der Waals surface area contributed by atoms with Crippen LogP contribution in [0.3, 0.4) is 0 Å². The third-order valence-corrected chi connectivity index (χ3v) is 4.33. The summed E-state index contributed by atoms with van der Waals surface area (Å²) in [5.74, 6) is 0.774. The molecule has 0 spiro atoms. The smallest absolute Gasteiger partial charge is 0.269 e. The predicted molar refractivity (Wildman–Crippen MR) is 107 cm³/mol. The van der Waals surface area contributed by atoms with Gasteiger partial charge in [-0.25, -0.2) is 0 Å². The largest absolute Gasteiger partial charge is 0.489 e. The number of rotatable bonds is 8. The molecule has 0 fully saturated rings. The summed E-state index contributed by atoms with van der Waals surface area (Å²) in [7, 11) is 0. The van der Waals surface area contributed by atoms with Crippen molar-refractivity contribution in [1.29, 1.82) is 0 Å². The summed E-state index contributed by atoms with van der Waals surface area (Å²) in [6.07, 6.45) is 0.988. The highest BCUT2D eigenvalue weighted by atomic mass is 16.6. The van der Waals surface area contributed by atoms with E-state index < -0.39 is 4.92 Å². The number of nitro groups is 1. The lowest BCUT2D eigenvalue weighted by Gasteiger charge is -2.12. The Hall–Kier alpha value is -3.34. The van der Waals surface area contributed by atoms with Crippen LogP contribution >= 0.6 is 0 Å². The number of ether oxygens (including phenoxy) is 1. The van der Waals surface area contributed by atoms with Gasteiger partial charge in [-0.3, -0.25) is 10.1 Å². The van der Waals surface area contributed by atoms with E-state index in [-0.39, 0.29) is 5.69 Å². The molecule has 1 N–H and O–H groups in total. The first kappa shape index (κ1) is 18.5. The molecule has 0 aliphatic carbocycles. The molecular formula is C22H22N2O3. The van der Waals surface area contributed by atoms with Crippen molar-refractivity contribution in [2.45, 2.75) is 26.5 Å². The molecule has 0 heterocycles. The Balaban J connectivity index is 1.59. The Labute approximate surface area is 158 Å². The molecule has 0 saturated carbocycles. The van der Waals surface area contributed by atoms with Crippen LogP contribution in [0, 0.1) is 10.1 Å². The highest BCUT2D eigenvalue weighted by Crippen LogP contribution is 2.20. The second-order valence-corrected chi connectivity index (χ2v) is 6.22. The molecule has 0 saturated heterocycles. The molecule has 0 unspecified atom stereocenters. The zero-order valence-electron chi connectivity index (χ0n) is 15.2. The van der Waals surface area contributed by atoms with Gasteiger partial charge >= 0.3 is 0 Å². The van der Waals surface area contributed by atoms with Crippen molar-refractivity contribution in [3.05, 3.63) is 99.6 Å². The fraction of sp³-hybridized carbons (Fsp3) is 0.182. The number of aryl methyl sites for hydroxylation is 1. The van der Waals surface area contributed by atoms with Crippen LogP contribution in [-0.4, -0.2) is 4.92 Å². The quantitative estimate of drug-likeness (QED) is 0.433. The normalized spacial score (nSPS) is 10.4. The predicted octanol–water partition coefficient (Wildman–Crippen LogP) is 5.35. The molecule has 0 aliphatic rings. The van der Waals surface area contributed by atoms with Gasteiger partial charge < -0.3 is 10.1 Å². The summed E-state index contributed by atoms with van der Waals surface area (Å²) in [5, 5.41) is 14.2. The van der Waals surface area contributed by atoms with E-state index in [4.69, 9.17) is 4.74 Å². The highest BCUT2D eigenvalue weighted by Gasteiger charge is 2.05. The van der Waals surface area contributed by atoms with Gasteiger partial charge in [0.05, 0.1) is 4.92 Å². The fourth-order valence-electron chi connectivity index (χ4n) is 2.82. The maximum atomic E-state index is 10.7. The topological polar surface area (TPSA) is 64.4 Å². The van der Waals surface area contributed by atoms with Gasteiger partial charge in [-0.2, -0.15) is 0 Å². The fourth-order valence-corrected chi connectivity index (χ4v) is 2.82. The number of hydrogen-bond donors (Lipinski definition) is 1. The Morgan fingerprint density at radius 1 is 0.963 bits per heavy atom. The van der Waals surface area contributed by atoms with Gasteiger partial charge in [-0.05, 0) is 53.4 Å². The third kappa shape index (κ3) is 5.07. The standard InChI is InChI=1S/C22H22N2O3/c1-2-19-7-3-4-9-22(19)23-15-18-6-5-8-21(14-18)27-16-17-10-12-20(13-11-17)24(25)26/h3-14,23H,2,15-16H2,1H3. The van der Waals surface area contributed by atoms with E-state index in [1.165, 1.54) is 17.7 Å². The van der Waals surface area contributed by atoms with Gasteiger partial charge in [0.2, 0.25) is 0 Å². The minimum atomic E-state index is -0.405. The molecule has 0 aromatic heterocycles. The first-order valence-corrected chi connectivity index (χ1v) is 8.92. The molecule has 0 radical (unpaired) electrons. The van der Waals surface area contributed by atoms with Crippen LogP contribution in [0.5, 0.6) is 5.75 Å². The van der Waals surface area contributed by atoms with Crippen molar-refractivity contribution in [1.82, 2.24) is 0 Å². The number of hydrogen-bond acceptors (Lipinski definition) is 4. The number of nitro benzene ring substituents is 1. The van der Waals surface area contributed by atoms with Crippen LogP contribution in [0.1, 0.15) is 23.6 Å². The van der Waals surface area contributed by atoms with Crippen molar-refractivity contribution in [3.8, 4) is 5.75 Å². The number of benzene rings is 3. The van der Waals surface area contributed by atoms with Crippen molar-refractivity contribution >= 4 is 11.4 Å². The van der Waals surface area contributed by atoms with Crippen LogP contribution in [0.2, 0.25) is 0 Å². The molecule has 27 heavy (non-hydrogen) atoms. The summed E-state index contributed by atoms with van der Waals surface area (Å²) in [6, 6.07) is 22.7. The van der Waals surface area contributed by atoms with E-state index in [2.05, 4.69) is 36.5 Å². The highest BCUT2D eigenvalue weighted by molar-refractivity contribution is 5.51. The van der Waals surface area contributed by atoms with Crippen molar-refractivity contribution in [2.75, 3.05) is 5.32 Å². The lowest BCUT2D eigenvalue weighted by molar-refractivity contribution is -0.384. The Morgan fingerprint density at radius 2 is 1.74 bits per heavy atom. The van der Waals surface area contributed by atoms with Crippen LogP contribution in [0.4, 0.5) is 11.4 Å². The molecule has 0 aliphatic heterocycles. The van der Waals surface area contributed by atoms with Gasteiger partial charge in [0.1, 0.15) is 12.4 Å². The molecule has 5 nitrogen and oxygen atoms in total. The summed E-state index contributed by atoms with van der Waals surface area (Å²) in [4.78, 5) is 10.3. The van der Waals surface area contributed by atoms with E-state index >= 15 is 0 Å². The van der Waals surface area contributed by atoms with Crippen molar-refractivity contribution < 1.29 is 9.66 Å². The lowest BCUT2D eigenvalue weighted by atomic mass is 10.1. The number of anilines is 1. The Morgan fingerprint density at radius 3 is 2.48 bits per heavy atom. The summed E-state index contributed by atoms with van der Waals surface area (Å²) in [5.41, 5.74) is 4.54. The SMILES string of the molecule is CCc1ccccc1NCc1cccc(OCc2ccc([N+](=O)[O-])cc2)c1. The minimum absolute atomic E-state index is 0.0826. The third-order valence-electron chi connectivity index (χ3n) is 4.33. The van der Waals surface area contributed by atoms with Gasteiger partial charge in [-0.1, -0.05) is 37.3 Å².